The van der Waals surface area contributed by atoms with Crippen molar-refractivity contribution in [2.24, 2.45) is 0 Å². The Morgan fingerprint density at radius 3 is 2.17 bits per heavy atom. The van der Waals surface area contributed by atoms with E-state index < -0.39 is 0 Å². The maximum Gasteiger partial charge on any atom is 0.0807 e. The Balaban J connectivity index is 2.41. The van der Waals surface area contributed by atoms with Crippen LogP contribution in [-0.4, -0.2) is 6.04 Å². The van der Waals surface area contributed by atoms with E-state index in [0.29, 0.717) is 6.04 Å². The van der Waals surface area contributed by atoms with Crippen molar-refractivity contribution in [1.82, 2.24) is 5.43 Å². The largest absolute Gasteiger partial charge is 0.397 e. The van der Waals surface area contributed by atoms with Gasteiger partial charge in [0.25, 0.3) is 0 Å². The van der Waals surface area contributed by atoms with Gasteiger partial charge in [-0.15, -0.1) is 0 Å². The lowest BCUT2D eigenvalue weighted by Crippen LogP contribution is -2.39. The summed E-state index contributed by atoms with van der Waals surface area (Å²) in [6.07, 6.45) is 0. The second kappa shape index (κ2) is 5.56. The van der Waals surface area contributed by atoms with Gasteiger partial charge in [0.15, 0.2) is 0 Å². The number of hydrazine groups is 1. The molecule has 3 heteroatoms. The third-order valence-corrected chi connectivity index (χ3v) is 2.58. The summed E-state index contributed by atoms with van der Waals surface area (Å²) in [5, 5.41) is 2.03. The number of anilines is 3. The van der Waals surface area contributed by atoms with Crippen molar-refractivity contribution in [1.29, 1.82) is 0 Å². The highest BCUT2D eigenvalue weighted by molar-refractivity contribution is 5.73. The minimum atomic E-state index is 0.324. The fraction of sp³-hybridized carbons (Fsp3) is 0.200. The fourth-order valence-electron chi connectivity index (χ4n) is 1.81. The molecule has 0 unspecified atom stereocenters. The second-order valence-corrected chi connectivity index (χ2v) is 4.51. The van der Waals surface area contributed by atoms with Crippen LogP contribution in [-0.2, 0) is 0 Å². The van der Waals surface area contributed by atoms with Crippen molar-refractivity contribution in [3.63, 3.8) is 0 Å². The molecule has 18 heavy (non-hydrogen) atoms. The fourth-order valence-corrected chi connectivity index (χ4v) is 1.81. The first-order valence-electron chi connectivity index (χ1n) is 6.14. The van der Waals surface area contributed by atoms with E-state index in [1.165, 1.54) is 0 Å². The first kappa shape index (κ1) is 12.5. The van der Waals surface area contributed by atoms with Crippen LogP contribution in [0.15, 0.2) is 54.6 Å². The predicted molar refractivity (Wildman–Crippen MR) is 77.7 cm³/mol. The van der Waals surface area contributed by atoms with E-state index in [9.17, 15) is 0 Å². The summed E-state index contributed by atoms with van der Waals surface area (Å²) in [6.45, 7) is 4.21. The molecule has 0 saturated carbocycles. The first-order chi connectivity index (χ1) is 8.68. The predicted octanol–water partition coefficient (Wildman–Crippen LogP) is 3.32. The molecule has 3 N–H and O–H groups in total. The van der Waals surface area contributed by atoms with Gasteiger partial charge in [0.2, 0.25) is 0 Å². The van der Waals surface area contributed by atoms with Crippen LogP contribution in [0, 0.1) is 0 Å². The van der Waals surface area contributed by atoms with Crippen molar-refractivity contribution >= 4 is 17.1 Å². The van der Waals surface area contributed by atoms with E-state index in [1.807, 2.05) is 47.5 Å². The van der Waals surface area contributed by atoms with Crippen LogP contribution in [0.5, 0.6) is 0 Å². The first-order valence-corrected chi connectivity index (χ1v) is 6.14. The minimum absolute atomic E-state index is 0.324. The molecule has 0 amide bonds. The van der Waals surface area contributed by atoms with Crippen LogP contribution < -0.4 is 16.2 Å². The van der Waals surface area contributed by atoms with Gasteiger partial charge in [-0.3, -0.25) is 5.01 Å². The Kier molecular flexibility index (Phi) is 3.85. The normalized spacial score (nSPS) is 10.6. The van der Waals surface area contributed by atoms with E-state index in [1.54, 1.807) is 0 Å². The number of para-hydroxylation sites is 3. The lowest BCUT2D eigenvalue weighted by molar-refractivity contribution is 0.600. The molecule has 0 aliphatic rings. The molecule has 2 aromatic carbocycles. The highest BCUT2D eigenvalue weighted by atomic mass is 15.5. The van der Waals surface area contributed by atoms with E-state index in [2.05, 4.69) is 31.4 Å². The molecular weight excluding hydrogens is 222 g/mol. The van der Waals surface area contributed by atoms with Crippen molar-refractivity contribution in [3.8, 4) is 0 Å². The molecule has 0 aromatic heterocycles. The summed E-state index contributed by atoms with van der Waals surface area (Å²) >= 11 is 0. The highest BCUT2D eigenvalue weighted by Crippen LogP contribution is 2.28. The Morgan fingerprint density at radius 2 is 1.56 bits per heavy atom. The van der Waals surface area contributed by atoms with Gasteiger partial charge in [0, 0.05) is 6.04 Å². The summed E-state index contributed by atoms with van der Waals surface area (Å²) in [4.78, 5) is 0. The van der Waals surface area contributed by atoms with Gasteiger partial charge in [0.05, 0.1) is 17.1 Å². The Hall–Kier alpha value is -2.00. The third kappa shape index (κ3) is 2.81. The molecule has 0 spiro atoms. The molecule has 0 aliphatic heterocycles. The SMILES string of the molecule is CC(C)NN(c1ccccc1)c1ccccc1N. The van der Waals surface area contributed by atoms with E-state index in [0.717, 1.165) is 17.1 Å². The lowest BCUT2D eigenvalue weighted by Gasteiger charge is -2.28. The number of nitrogens with zero attached hydrogens (tertiary/aromatic N) is 1. The summed E-state index contributed by atoms with van der Waals surface area (Å²) in [6, 6.07) is 18.3. The average molecular weight is 241 g/mol. The minimum Gasteiger partial charge on any atom is -0.397 e. The number of benzene rings is 2. The molecule has 0 radical (unpaired) electrons. The van der Waals surface area contributed by atoms with Gasteiger partial charge in [-0.1, -0.05) is 30.3 Å². The average Bonchev–Trinajstić information content (AvgIpc) is 2.38. The van der Waals surface area contributed by atoms with Crippen LogP contribution in [0.3, 0.4) is 0 Å². The zero-order valence-electron chi connectivity index (χ0n) is 10.8. The van der Waals surface area contributed by atoms with E-state index >= 15 is 0 Å². The van der Waals surface area contributed by atoms with E-state index in [4.69, 9.17) is 5.73 Å². The van der Waals surface area contributed by atoms with Gasteiger partial charge in [0.1, 0.15) is 0 Å². The number of hydrogen-bond acceptors (Lipinski definition) is 3. The molecule has 2 rings (SSSR count). The standard InChI is InChI=1S/C15H19N3/c1-12(2)17-18(13-8-4-3-5-9-13)15-11-7-6-10-14(15)16/h3-12,17H,16H2,1-2H3. The molecule has 0 heterocycles. The quantitative estimate of drug-likeness (QED) is 0.637. The maximum atomic E-state index is 6.05. The molecule has 0 saturated heterocycles. The number of nitrogens with two attached hydrogens (primary N) is 1. The summed E-state index contributed by atoms with van der Waals surface area (Å²) in [5.74, 6) is 0. The van der Waals surface area contributed by atoms with Crippen LogP contribution in [0.1, 0.15) is 13.8 Å². The van der Waals surface area contributed by atoms with Gasteiger partial charge in [-0.25, -0.2) is 5.43 Å². The highest BCUT2D eigenvalue weighted by Gasteiger charge is 2.12. The molecule has 94 valence electrons. The Morgan fingerprint density at radius 1 is 0.944 bits per heavy atom. The van der Waals surface area contributed by atoms with Crippen LogP contribution in [0.2, 0.25) is 0 Å². The zero-order chi connectivity index (χ0) is 13.0. The van der Waals surface area contributed by atoms with Crippen LogP contribution >= 0.6 is 0 Å². The zero-order valence-corrected chi connectivity index (χ0v) is 10.8. The number of nitrogens with one attached hydrogen (secondary N) is 1. The second-order valence-electron chi connectivity index (χ2n) is 4.51. The number of hydrogen-bond donors (Lipinski definition) is 2. The summed E-state index contributed by atoms with van der Waals surface area (Å²) in [5.41, 5.74) is 12.3. The number of rotatable bonds is 4. The monoisotopic (exact) mass is 241 g/mol. The Labute approximate surface area is 108 Å². The van der Waals surface area contributed by atoms with Crippen molar-refractivity contribution in [3.05, 3.63) is 54.6 Å². The van der Waals surface area contributed by atoms with Gasteiger partial charge >= 0.3 is 0 Å². The summed E-state index contributed by atoms with van der Waals surface area (Å²) in [7, 11) is 0. The molecule has 0 fully saturated rings. The molecule has 3 nitrogen and oxygen atoms in total. The van der Waals surface area contributed by atoms with Crippen LogP contribution in [0.25, 0.3) is 0 Å². The Bertz CT molecular complexity index is 494. The van der Waals surface area contributed by atoms with Gasteiger partial charge in [-0.2, -0.15) is 0 Å². The maximum absolute atomic E-state index is 6.05. The third-order valence-electron chi connectivity index (χ3n) is 2.58. The van der Waals surface area contributed by atoms with Crippen molar-refractivity contribution in [2.75, 3.05) is 10.7 Å². The molecular formula is C15H19N3. The molecule has 0 aliphatic carbocycles. The number of nitrogen functional groups attached to an aromatic ring is 1. The molecule has 0 bridgehead atoms. The topological polar surface area (TPSA) is 41.3 Å². The molecule has 2 aromatic rings. The van der Waals surface area contributed by atoms with Gasteiger partial charge < -0.3 is 5.73 Å². The molecule has 0 atom stereocenters. The van der Waals surface area contributed by atoms with Crippen molar-refractivity contribution in [2.45, 2.75) is 19.9 Å². The van der Waals surface area contributed by atoms with Gasteiger partial charge in [-0.05, 0) is 38.1 Å². The van der Waals surface area contributed by atoms with Crippen LogP contribution in [0.4, 0.5) is 17.1 Å². The smallest absolute Gasteiger partial charge is 0.0807 e. The van der Waals surface area contributed by atoms with Crippen molar-refractivity contribution < 1.29 is 0 Å². The van der Waals surface area contributed by atoms with E-state index in [-0.39, 0.29) is 0 Å². The lowest BCUT2D eigenvalue weighted by atomic mass is 10.2. The summed E-state index contributed by atoms with van der Waals surface area (Å²) < 4.78 is 0.